The van der Waals surface area contributed by atoms with Gasteiger partial charge in [-0.25, -0.2) is 4.18 Å². The lowest BCUT2D eigenvalue weighted by Gasteiger charge is -2.56. The molecule has 6 atom stereocenters. The molecule has 0 saturated heterocycles. The van der Waals surface area contributed by atoms with E-state index in [1.54, 1.807) is 13.0 Å². The van der Waals surface area contributed by atoms with Crippen LogP contribution in [0.4, 0.5) is 0 Å². The summed E-state index contributed by atoms with van der Waals surface area (Å²) in [7, 11) is -4.82. The molecule has 2 N–H and O–H groups in total. The summed E-state index contributed by atoms with van der Waals surface area (Å²) in [5.41, 5.74) is -2.54. The van der Waals surface area contributed by atoms with Gasteiger partial charge in [0.05, 0.1) is 0 Å². The Bertz CT molecular complexity index is 994. The average Bonchev–Trinajstić information content (AvgIpc) is 2.91. The number of Topliss-reactive ketones (excluding diaryl/α,β-unsaturated/α-hetero) is 2. The van der Waals surface area contributed by atoms with Crippen LogP contribution in [0, 0.1) is 28.6 Å². The van der Waals surface area contributed by atoms with Crippen molar-refractivity contribution in [3.63, 3.8) is 0 Å². The maximum absolute atomic E-state index is 13.4. The fourth-order valence-electron chi connectivity index (χ4n) is 6.74. The van der Waals surface area contributed by atoms with Gasteiger partial charge in [-0.3, -0.25) is 18.9 Å². The number of aliphatic hydroxyl groups is 1. The molecular weight excluding hydrogens is 412 g/mol. The second kappa shape index (κ2) is 6.66. The predicted molar refractivity (Wildman–Crippen MR) is 104 cm³/mol. The Kier molecular flexibility index (Phi) is 4.78. The molecule has 0 aliphatic heterocycles. The largest absolute Gasteiger partial charge is 0.397 e. The summed E-state index contributed by atoms with van der Waals surface area (Å²) in [6, 6.07) is 0. The van der Waals surface area contributed by atoms with Gasteiger partial charge >= 0.3 is 10.4 Å². The van der Waals surface area contributed by atoms with Crippen LogP contribution in [0.2, 0.25) is 0 Å². The number of allylic oxidation sites excluding steroid dienone is 4. The molecule has 30 heavy (non-hydrogen) atoms. The zero-order valence-electron chi connectivity index (χ0n) is 17.0. The Morgan fingerprint density at radius 3 is 2.63 bits per heavy atom. The van der Waals surface area contributed by atoms with Crippen molar-refractivity contribution in [1.82, 2.24) is 0 Å². The molecule has 0 aromatic carbocycles. The first kappa shape index (κ1) is 21.5. The van der Waals surface area contributed by atoms with E-state index >= 15 is 0 Å². The van der Waals surface area contributed by atoms with E-state index in [4.69, 9.17) is 4.55 Å². The van der Waals surface area contributed by atoms with Crippen LogP contribution in [-0.4, -0.2) is 47.6 Å². The van der Waals surface area contributed by atoms with E-state index in [0.717, 1.165) is 5.57 Å². The van der Waals surface area contributed by atoms with Gasteiger partial charge in [0.1, 0.15) is 18.0 Å². The van der Waals surface area contributed by atoms with E-state index in [-0.39, 0.29) is 42.2 Å². The molecule has 164 valence electrons. The number of ketones is 3. The Hall–Kier alpha value is -1.68. The summed E-state index contributed by atoms with van der Waals surface area (Å²) in [5, 5.41) is 11.3. The fraction of sp³-hybridized carbons (Fsp3) is 0.667. The molecule has 4 aliphatic rings. The van der Waals surface area contributed by atoms with Gasteiger partial charge in [0.25, 0.3) is 0 Å². The molecule has 0 aromatic heterocycles. The van der Waals surface area contributed by atoms with Crippen LogP contribution in [0.15, 0.2) is 23.8 Å². The number of carbonyl (C=O) groups is 3. The van der Waals surface area contributed by atoms with Crippen molar-refractivity contribution >= 4 is 27.7 Å². The van der Waals surface area contributed by atoms with E-state index < -0.39 is 39.2 Å². The molecule has 0 unspecified atom stereocenters. The molecule has 4 rings (SSSR count). The van der Waals surface area contributed by atoms with Gasteiger partial charge in [-0.05, 0) is 49.7 Å². The Balaban J connectivity index is 1.67. The molecule has 0 amide bonds. The van der Waals surface area contributed by atoms with Gasteiger partial charge in [0, 0.05) is 23.2 Å². The SMILES string of the molecule is C[C@]12C=CC(=O)C=C1CC[C@@H]1[C@@H]2C(=O)C[C@@]2(C)[C@H]1CC[C@]2(O)C(=O)COS(=O)(=O)O. The van der Waals surface area contributed by atoms with Crippen LogP contribution in [0.5, 0.6) is 0 Å². The number of carbonyl (C=O) groups excluding carboxylic acids is 3. The minimum absolute atomic E-state index is 0.0163. The Labute approximate surface area is 175 Å². The molecule has 0 aromatic rings. The fourth-order valence-corrected chi connectivity index (χ4v) is 7.00. The summed E-state index contributed by atoms with van der Waals surface area (Å²) in [5.74, 6) is -1.47. The Morgan fingerprint density at radius 2 is 1.97 bits per heavy atom. The topological polar surface area (TPSA) is 135 Å². The number of fused-ring (bicyclic) bond motifs is 5. The van der Waals surface area contributed by atoms with Crippen molar-refractivity contribution < 1.29 is 36.6 Å². The highest BCUT2D eigenvalue weighted by Gasteiger charge is 2.68. The predicted octanol–water partition coefficient (Wildman–Crippen LogP) is 1.59. The van der Waals surface area contributed by atoms with Crippen LogP contribution in [0.3, 0.4) is 0 Å². The van der Waals surface area contributed by atoms with Crippen LogP contribution in [-0.2, 0) is 29.0 Å². The van der Waals surface area contributed by atoms with Gasteiger partial charge in [-0.1, -0.05) is 25.5 Å². The molecule has 0 spiro atoms. The molecule has 8 nitrogen and oxygen atoms in total. The first-order valence-electron chi connectivity index (χ1n) is 10.2. The van der Waals surface area contributed by atoms with Crippen molar-refractivity contribution in [3.05, 3.63) is 23.8 Å². The van der Waals surface area contributed by atoms with Crippen molar-refractivity contribution in [1.29, 1.82) is 0 Å². The summed E-state index contributed by atoms with van der Waals surface area (Å²) in [4.78, 5) is 38.0. The van der Waals surface area contributed by atoms with E-state index in [1.807, 2.05) is 13.0 Å². The normalized spacial score (nSPS) is 42.9. The van der Waals surface area contributed by atoms with E-state index in [9.17, 15) is 27.9 Å². The second-order valence-corrected chi connectivity index (χ2v) is 10.6. The molecule has 4 aliphatic carbocycles. The monoisotopic (exact) mass is 438 g/mol. The highest BCUT2D eigenvalue weighted by molar-refractivity contribution is 7.80. The van der Waals surface area contributed by atoms with Crippen molar-refractivity contribution in [2.75, 3.05) is 6.61 Å². The maximum atomic E-state index is 13.4. The molecule has 0 radical (unpaired) electrons. The van der Waals surface area contributed by atoms with Gasteiger partial charge in [0.15, 0.2) is 11.6 Å². The van der Waals surface area contributed by atoms with Crippen LogP contribution in [0.25, 0.3) is 0 Å². The zero-order valence-corrected chi connectivity index (χ0v) is 17.8. The van der Waals surface area contributed by atoms with Crippen molar-refractivity contribution in [2.24, 2.45) is 28.6 Å². The minimum atomic E-state index is -4.82. The maximum Gasteiger partial charge on any atom is 0.397 e. The molecule has 0 heterocycles. The van der Waals surface area contributed by atoms with Gasteiger partial charge in [-0.15, -0.1) is 0 Å². The highest BCUT2D eigenvalue weighted by Crippen LogP contribution is 2.66. The highest BCUT2D eigenvalue weighted by atomic mass is 32.3. The summed E-state index contributed by atoms with van der Waals surface area (Å²) in [6.45, 7) is 2.72. The minimum Gasteiger partial charge on any atom is -0.381 e. The quantitative estimate of drug-likeness (QED) is 0.632. The van der Waals surface area contributed by atoms with Crippen LogP contribution >= 0.6 is 0 Å². The van der Waals surface area contributed by atoms with Crippen LogP contribution in [0.1, 0.15) is 46.0 Å². The third kappa shape index (κ3) is 2.97. The lowest BCUT2D eigenvalue weighted by molar-refractivity contribution is -0.168. The van der Waals surface area contributed by atoms with Gasteiger partial charge in [0.2, 0.25) is 0 Å². The van der Waals surface area contributed by atoms with Crippen molar-refractivity contribution in [3.8, 4) is 0 Å². The average molecular weight is 438 g/mol. The number of hydrogen-bond donors (Lipinski definition) is 2. The smallest absolute Gasteiger partial charge is 0.381 e. The number of hydrogen-bond acceptors (Lipinski definition) is 7. The van der Waals surface area contributed by atoms with Crippen LogP contribution < -0.4 is 0 Å². The molecule has 0 bridgehead atoms. The van der Waals surface area contributed by atoms with E-state index in [2.05, 4.69) is 4.18 Å². The molecule has 3 saturated carbocycles. The second-order valence-electron chi connectivity index (χ2n) is 9.55. The molecule has 3 fully saturated rings. The third-order valence-corrected chi connectivity index (χ3v) is 8.62. The first-order valence-corrected chi connectivity index (χ1v) is 11.5. The first-order chi connectivity index (χ1) is 13.8. The summed E-state index contributed by atoms with van der Waals surface area (Å²) in [6.07, 6.45) is 6.93. The third-order valence-electron chi connectivity index (χ3n) is 8.21. The Morgan fingerprint density at radius 1 is 1.27 bits per heavy atom. The lowest BCUT2D eigenvalue weighted by atomic mass is 9.46. The lowest BCUT2D eigenvalue weighted by Crippen LogP contribution is -2.60. The van der Waals surface area contributed by atoms with Crippen molar-refractivity contribution in [2.45, 2.75) is 51.6 Å². The summed E-state index contributed by atoms with van der Waals surface area (Å²) < 4.78 is 34.7. The van der Waals surface area contributed by atoms with Gasteiger partial charge < -0.3 is 5.11 Å². The zero-order chi connectivity index (χ0) is 22.1. The molecular formula is C21H26O8S. The van der Waals surface area contributed by atoms with E-state index in [0.29, 0.717) is 19.3 Å². The standard InChI is InChI=1S/C21H26O8S/c1-19-7-5-13(22)9-12(19)3-4-14-15-6-8-21(25,17(24)11-29-30(26,27)28)20(15,2)10-16(23)18(14)19/h5,7,9,14-15,18,25H,3-4,6,8,10-11H2,1-2H3,(H,26,27,28)/t14-,15-,18+,19-,20-,21-/m0/s1. The van der Waals surface area contributed by atoms with Gasteiger partial charge in [-0.2, -0.15) is 8.42 Å². The number of rotatable bonds is 4. The summed E-state index contributed by atoms with van der Waals surface area (Å²) >= 11 is 0. The molecule has 9 heteroatoms. The van der Waals surface area contributed by atoms with E-state index in [1.165, 1.54) is 6.08 Å².